The second-order valence-corrected chi connectivity index (χ2v) is 7.60. The predicted octanol–water partition coefficient (Wildman–Crippen LogP) is 4.34. The Morgan fingerprint density at radius 3 is 2.39 bits per heavy atom. The van der Waals surface area contributed by atoms with Crippen molar-refractivity contribution < 1.29 is 0 Å². The highest BCUT2D eigenvalue weighted by Crippen LogP contribution is 2.38. The molecule has 4 rings (SSSR count). The van der Waals surface area contributed by atoms with E-state index in [0.29, 0.717) is 6.54 Å². The largest absolute Gasteiger partial charge is 0.372 e. The Morgan fingerprint density at radius 2 is 1.79 bits per heavy atom. The lowest BCUT2D eigenvalue weighted by Gasteiger charge is -2.38. The van der Waals surface area contributed by atoms with Crippen molar-refractivity contribution in [3.63, 3.8) is 0 Å². The minimum absolute atomic E-state index is 0.155. The van der Waals surface area contributed by atoms with Gasteiger partial charge in [-0.2, -0.15) is 0 Å². The third kappa shape index (κ3) is 3.56. The summed E-state index contributed by atoms with van der Waals surface area (Å²) < 4.78 is 0. The Morgan fingerprint density at radius 1 is 1.07 bits per heavy atom. The van der Waals surface area contributed by atoms with Gasteiger partial charge in [0.1, 0.15) is 5.84 Å². The zero-order valence-electron chi connectivity index (χ0n) is 16.3. The molecule has 28 heavy (non-hydrogen) atoms. The zero-order chi connectivity index (χ0) is 19.6. The Bertz CT molecular complexity index is 948. The molecule has 0 saturated heterocycles. The average molecular weight is 371 g/mol. The first-order valence-electron chi connectivity index (χ1n) is 9.73. The molecule has 2 aromatic carbocycles. The molecular weight excluding hydrogens is 344 g/mol. The number of hydrogen-bond acceptors (Lipinski definition) is 3. The lowest BCUT2D eigenvalue weighted by Crippen LogP contribution is -2.43. The van der Waals surface area contributed by atoms with E-state index in [1.807, 2.05) is 13.1 Å². The number of nitrogens with two attached hydrogens (primary N) is 1. The molecule has 0 atom stereocenters. The van der Waals surface area contributed by atoms with Gasteiger partial charge in [-0.05, 0) is 30.4 Å². The Hall–Kier alpha value is -2.98. The number of likely N-dealkylation sites (N-methyl/N-ethyl adjacent to an activating group) is 1. The van der Waals surface area contributed by atoms with E-state index in [-0.39, 0.29) is 5.54 Å². The number of hydrogen-bond donors (Lipinski definition) is 1. The van der Waals surface area contributed by atoms with Crippen LogP contribution >= 0.6 is 0 Å². The molecule has 1 saturated carbocycles. The van der Waals surface area contributed by atoms with Crippen molar-refractivity contribution in [2.45, 2.75) is 24.8 Å². The van der Waals surface area contributed by atoms with Crippen LogP contribution in [0.1, 0.15) is 36.0 Å². The second kappa shape index (κ2) is 7.56. The molecule has 1 aliphatic heterocycles. The third-order valence-electron chi connectivity index (χ3n) is 5.54. The van der Waals surface area contributed by atoms with E-state index >= 15 is 0 Å². The van der Waals surface area contributed by atoms with Crippen LogP contribution in [0.25, 0.3) is 5.57 Å². The third-order valence-corrected chi connectivity index (χ3v) is 5.54. The summed E-state index contributed by atoms with van der Waals surface area (Å²) in [6.07, 6.45) is 7.02. The summed E-state index contributed by atoms with van der Waals surface area (Å²) in [4.78, 5) is 11.4. The molecule has 0 aromatic heterocycles. The summed E-state index contributed by atoms with van der Waals surface area (Å²) in [6, 6.07) is 18.9. The lowest BCUT2D eigenvalue weighted by molar-refractivity contribution is 0.253. The van der Waals surface area contributed by atoms with Gasteiger partial charge in [0, 0.05) is 36.1 Å². The number of amidine groups is 1. The summed E-state index contributed by atoms with van der Waals surface area (Å²) in [5.74, 6) is 0.744. The van der Waals surface area contributed by atoms with Gasteiger partial charge in [-0.25, -0.2) is 9.98 Å². The number of nitrogens with zero attached hydrogens (tertiary/aromatic N) is 3. The van der Waals surface area contributed by atoms with Gasteiger partial charge < -0.3 is 10.6 Å². The maximum Gasteiger partial charge on any atom is 0.148 e. The standard InChI is InChI=1S/C24H26N4/c1-3-26-22-17-28(2)16-21(18-8-5-4-6-9-18)23(27-22)19-10-12-20(13-11-19)24(25)14-7-15-24/h3-6,8-13,16H,1,7,14-15,17,25H2,2H3. The van der Waals surface area contributed by atoms with E-state index in [4.69, 9.17) is 10.7 Å². The maximum atomic E-state index is 6.50. The Labute approximate surface area is 166 Å². The molecule has 2 aromatic rings. The molecule has 0 bridgehead atoms. The summed E-state index contributed by atoms with van der Waals surface area (Å²) in [5.41, 5.74) is 11.7. The molecule has 0 amide bonds. The first-order valence-corrected chi connectivity index (χ1v) is 9.73. The molecule has 4 nitrogen and oxygen atoms in total. The molecule has 1 heterocycles. The van der Waals surface area contributed by atoms with E-state index < -0.39 is 0 Å². The fraction of sp³-hybridized carbons (Fsp3) is 0.250. The predicted molar refractivity (Wildman–Crippen MR) is 117 cm³/mol. The zero-order valence-corrected chi connectivity index (χ0v) is 16.3. The van der Waals surface area contributed by atoms with Crippen molar-refractivity contribution in [2.75, 3.05) is 13.6 Å². The smallest absolute Gasteiger partial charge is 0.148 e. The van der Waals surface area contributed by atoms with Crippen LogP contribution in [0.3, 0.4) is 0 Å². The molecule has 4 heteroatoms. The summed E-state index contributed by atoms with van der Waals surface area (Å²) in [7, 11) is 2.04. The van der Waals surface area contributed by atoms with Gasteiger partial charge in [-0.1, -0.05) is 61.2 Å². The molecule has 2 aliphatic rings. The van der Waals surface area contributed by atoms with Crippen LogP contribution in [0.2, 0.25) is 0 Å². The van der Waals surface area contributed by atoms with E-state index in [1.54, 1.807) is 6.20 Å². The van der Waals surface area contributed by atoms with Crippen LogP contribution in [-0.4, -0.2) is 30.0 Å². The second-order valence-electron chi connectivity index (χ2n) is 7.60. The van der Waals surface area contributed by atoms with Crippen LogP contribution in [0.15, 0.2) is 83.6 Å². The Balaban J connectivity index is 1.80. The van der Waals surface area contributed by atoms with E-state index in [0.717, 1.165) is 41.1 Å². The number of rotatable bonds is 4. The van der Waals surface area contributed by atoms with Gasteiger partial charge in [-0.15, -0.1) is 0 Å². The van der Waals surface area contributed by atoms with Crippen LogP contribution in [-0.2, 0) is 5.54 Å². The maximum absolute atomic E-state index is 6.50. The topological polar surface area (TPSA) is 54.0 Å². The molecule has 1 fully saturated rings. The van der Waals surface area contributed by atoms with Crippen molar-refractivity contribution in [2.24, 2.45) is 15.7 Å². The van der Waals surface area contributed by atoms with E-state index in [9.17, 15) is 0 Å². The highest BCUT2D eigenvalue weighted by molar-refractivity contribution is 6.34. The lowest BCUT2D eigenvalue weighted by atomic mass is 9.72. The van der Waals surface area contributed by atoms with E-state index in [1.165, 1.54) is 12.0 Å². The minimum Gasteiger partial charge on any atom is -0.372 e. The molecule has 0 spiro atoms. The molecular formula is C24H26N4. The van der Waals surface area contributed by atoms with Crippen molar-refractivity contribution in [1.29, 1.82) is 0 Å². The van der Waals surface area contributed by atoms with Crippen molar-refractivity contribution in [1.82, 2.24) is 4.90 Å². The van der Waals surface area contributed by atoms with Gasteiger partial charge >= 0.3 is 0 Å². The molecule has 0 radical (unpaired) electrons. The van der Waals surface area contributed by atoms with Crippen LogP contribution < -0.4 is 5.73 Å². The monoisotopic (exact) mass is 370 g/mol. The molecule has 2 N–H and O–H groups in total. The van der Waals surface area contributed by atoms with E-state index in [2.05, 4.69) is 71.2 Å². The van der Waals surface area contributed by atoms with Crippen LogP contribution in [0.5, 0.6) is 0 Å². The number of allylic oxidation sites excluding steroid dienone is 1. The summed E-state index contributed by atoms with van der Waals surface area (Å²) >= 11 is 0. The quantitative estimate of drug-likeness (QED) is 0.870. The molecule has 0 unspecified atom stereocenters. The van der Waals surface area contributed by atoms with Gasteiger partial charge in [-0.3, -0.25) is 0 Å². The van der Waals surface area contributed by atoms with Crippen LogP contribution in [0, 0.1) is 0 Å². The highest BCUT2D eigenvalue weighted by Gasteiger charge is 2.34. The SMILES string of the molecule is C=CN=C1CN(C)C=C(c2ccccc2)C(c2ccc(C3(N)CCC3)cc2)=N1. The van der Waals surface area contributed by atoms with Gasteiger partial charge in [0.25, 0.3) is 0 Å². The first kappa shape index (κ1) is 18.4. The van der Waals surface area contributed by atoms with Crippen molar-refractivity contribution in [3.05, 3.63) is 90.3 Å². The first-order chi connectivity index (χ1) is 13.6. The fourth-order valence-electron chi connectivity index (χ4n) is 3.81. The normalized spacial score (nSPS) is 20.1. The van der Waals surface area contributed by atoms with Crippen molar-refractivity contribution >= 4 is 17.1 Å². The van der Waals surface area contributed by atoms with Crippen LogP contribution in [0.4, 0.5) is 0 Å². The van der Waals surface area contributed by atoms with Gasteiger partial charge in [0.15, 0.2) is 0 Å². The minimum atomic E-state index is -0.155. The Kier molecular flexibility index (Phi) is 4.97. The number of aliphatic imine (C=N–C) groups is 2. The van der Waals surface area contributed by atoms with Gasteiger partial charge in [0.05, 0.1) is 12.3 Å². The molecule has 142 valence electrons. The summed E-state index contributed by atoms with van der Waals surface area (Å²) in [6.45, 7) is 4.37. The highest BCUT2D eigenvalue weighted by atomic mass is 15.1. The van der Waals surface area contributed by atoms with Crippen molar-refractivity contribution in [3.8, 4) is 0 Å². The summed E-state index contributed by atoms with van der Waals surface area (Å²) in [5, 5.41) is 0. The number of benzene rings is 2. The average Bonchev–Trinajstić information content (AvgIpc) is 2.86. The van der Waals surface area contributed by atoms with Gasteiger partial charge in [0.2, 0.25) is 0 Å². The fourth-order valence-corrected chi connectivity index (χ4v) is 3.81. The molecule has 1 aliphatic carbocycles.